The molecule has 0 bridgehead atoms. The van der Waals surface area contributed by atoms with E-state index in [0.29, 0.717) is 13.0 Å². The van der Waals surface area contributed by atoms with Crippen LogP contribution in [0.4, 0.5) is 0 Å². The Bertz CT molecular complexity index is 826. The topological polar surface area (TPSA) is 98.6 Å². The Morgan fingerprint density at radius 2 is 2.08 bits per heavy atom. The van der Waals surface area contributed by atoms with Crippen molar-refractivity contribution in [2.75, 3.05) is 24.7 Å². The maximum Gasteiger partial charge on any atom is 0.331 e. The Balaban J connectivity index is 1.91. The van der Waals surface area contributed by atoms with Gasteiger partial charge in [-0.05, 0) is 33.3 Å². The molecular weight excluding hydrogens is 358 g/mol. The van der Waals surface area contributed by atoms with Gasteiger partial charge in [0.25, 0.3) is 5.91 Å². The first-order chi connectivity index (χ1) is 12.1. The summed E-state index contributed by atoms with van der Waals surface area (Å²) in [6.07, 6.45) is 3.31. The van der Waals surface area contributed by atoms with E-state index in [1.807, 2.05) is 20.9 Å². The molecule has 0 spiro atoms. The average molecular weight is 383 g/mol. The van der Waals surface area contributed by atoms with Crippen molar-refractivity contribution in [3.63, 3.8) is 0 Å². The number of esters is 1. The quantitative estimate of drug-likeness (QED) is 0.528. The van der Waals surface area contributed by atoms with Crippen LogP contribution in [0.15, 0.2) is 6.08 Å². The van der Waals surface area contributed by atoms with Crippen molar-refractivity contribution in [3.8, 4) is 0 Å². The molecule has 144 valence electrons. The van der Waals surface area contributed by atoms with E-state index in [-0.39, 0.29) is 23.5 Å². The van der Waals surface area contributed by atoms with Crippen LogP contribution in [0.25, 0.3) is 6.08 Å². The molecule has 1 aliphatic heterocycles. The number of hydrogen-bond donors (Lipinski definition) is 0. The highest BCUT2D eigenvalue weighted by Crippen LogP contribution is 2.18. The number of sulfone groups is 1. The van der Waals surface area contributed by atoms with Crippen molar-refractivity contribution in [1.29, 1.82) is 0 Å². The van der Waals surface area contributed by atoms with Gasteiger partial charge >= 0.3 is 5.97 Å². The third kappa shape index (κ3) is 4.72. The van der Waals surface area contributed by atoms with E-state index in [4.69, 9.17) is 4.74 Å². The smallest absolute Gasteiger partial charge is 0.331 e. The van der Waals surface area contributed by atoms with Crippen molar-refractivity contribution in [2.24, 2.45) is 7.05 Å². The maximum atomic E-state index is 12.3. The van der Waals surface area contributed by atoms with Gasteiger partial charge in [0.2, 0.25) is 0 Å². The van der Waals surface area contributed by atoms with Gasteiger partial charge in [-0.25, -0.2) is 13.2 Å². The van der Waals surface area contributed by atoms with Crippen molar-refractivity contribution in [2.45, 2.75) is 33.2 Å². The highest BCUT2D eigenvalue weighted by molar-refractivity contribution is 7.91. The number of ether oxygens (including phenoxy) is 1. The van der Waals surface area contributed by atoms with E-state index in [0.717, 1.165) is 17.0 Å². The normalized spacial score (nSPS) is 19.0. The number of carbonyl (C=O) groups is 2. The first-order valence-corrected chi connectivity index (χ1v) is 10.3. The summed E-state index contributed by atoms with van der Waals surface area (Å²) in [6.45, 7) is 5.48. The molecule has 1 fully saturated rings. The van der Waals surface area contributed by atoms with Gasteiger partial charge in [-0.3, -0.25) is 9.48 Å². The van der Waals surface area contributed by atoms with Crippen molar-refractivity contribution < 1.29 is 22.7 Å². The maximum absolute atomic E-state index is 12.3. The molecule has 1 atom stereocenters. The molecule has 1 aliphatic rings. The Morgan fingerprint density at radius 3 is 2.58 bits per heavy atom. The molecule has 1 aromatic heterocycles. The molecule has 0 radical (unpaired) electrons. The van der Waals surface area contributed by atoms with E-state index in [1.165, 1.54) is 11.0 Å². The molecule has 0 aromatic carbocycles. The fourth-order valence-electron chi connectivity index (χ4n) is 3.11. The summed E-state index contributed by atoms with van der Waals surface area (Å²) in [7, 11) is -1.26. The molecule has 8 nitrogen and oxygen atoms in total. The van der Waals surface area contributed by atoms with E-state index >= 15 is 0 Å². The number of carbonyl (C=O) groups excluding carboxylic acids is 2. The Labute approximate surface area is 153 Å². The molecule has 2 rings (SSSR count). The van der Waals surface area contributed by atoms with Crippen molar-refractivity contribution in [1.82, 2.24) is 14.7 Å². The number of amides is 1. The Morgan fingerprint density at radius 1 is 1.38 bits per heavy atom. The zero-order valence-corrected chi connectivity index (χ0v) is 16.4. The van der Waals surface area contributed by atoms with Gasteiger partial charge in [0.1, 0.15) is 0 Å². The summed E-state index contributed by atoms with van der Waals surface area (Å²) in [4.78, 5) is 25.6. The molecule has 0 unspecified atom stereocenters. The van der Waals surface area contributed by atoms with E-state index in [1.54, 1.807) is 17.7 Å². The van der Waals surface area contributed by atoms with E-state index in [9.17, 15) is 18.0 Å². The Kier molecular flexibility index (Phi) is 6.22. The predicted molar refractivity (Wildman–Crippen MR) is 97.1 cm³/mol. The fraction of sp³-hybridized carbons (Fsp3) is 0.588. The third-order valence-electron chi connectivity index (χ3n) is 4.60. The lowest BCUT2D eigenvalue weighted by Crippen LogP contribution is -2.43. The molecule has 1 amide bonds. The van der Waals surface area contributed by atoms with Crippen molar-refractivity contribution >= 4 is 27.8 Å². The minimum Gasteiger partial charge on any atom is -0.452 e. The van der Waals surface area contributed by atoms with E-state index in [2.05, 4.69) is 5.10 Å². The van der Waals surface area contributed by atoms with Gasteiger partial charge in [0.15, 0.2) is 16.4 Å². The van der Waals surface area contributed by atoms with Gasteiger partial charge in [0.05, 0.1) is 17.2 Å². The average Bonchev–Trinajstić information content (AvgIpc) is 3.03. The summed E-state index contributed by atoms with van der Waals surface area (Å²) < 4.78 is 29.9. The highest BCUT2D eigenvalue weighted by Gasteiger charge is 2.34. The Hall–Kier alpha value is -2.16. The number of nitrogens with zero attached hydrogens (tertiary/aromatic N) is 3. The summed E-state index contributed by atoms with van der Waals surface area (Å²) in [5.74, 6) is -0.950. The number of hydrogen-bond acceptors (Lipinski definition) is 6. The molecule has 1 saturated heterocycles. The molecule has 0 saturated carbocycles. The SMILES string of the molecule is CCN(C(=O)COC(=O)/C=C/c1c(C)nn(C)c1C)[C@@H]1CCS(=O)(=O)C1. The van der Waals surface area contributed by atoms with Crippen molar-refractivity contribution in [3.05, 3.63) is 23.0 Å². The molecule has 2 heterocycles. The second kappa shape index (κ2) is 8.03. The van der Waals surface area contributed by atoms with Gasteiger partial charge < -0.3 is 9.64 Å². The van der Waals surface area contributed by atoms with Crippen LogP contribution >= 0.6 is 0 Å². The van der Waals surface area contributed by atoms with Crippen LogP contribution < -0.4 is 0 Å². The standard InChI is InChI=1S/C17H25N3O5S/c1-5-20(14-8-9-26(23,24)11-14)16(21)10-25-17(22)7-6-15-12(2)18-19(4)13(15)3/h6-7,14H,5,8-11H2,1-4H3/b7-6+/t14-/m1/s1. The fourth-order valence-corrected chi connectivity index (χ4v) is 4.84. The minimum atomic E-state index is -3.08. The lowest BCUT2D eigenvalue weighted by atomic mass is 10.2. The monoisotopic (exact) mass is 383 g/mol. The first kappa shape index (κ1) is 20.2. The van der Waals surface area contributed by atoms with Crippen LogP contribution in [0.5, 0.6) is 0 Å². The number of rotatable bonds is 6. The van der Waals surface area contributed by atoms with Gasteiger partial charge in [-0.15, -0.1) is 0 Å². The molecular formula is C17H25N3O5S. The molecule has 1 aromatic rings. The second-order valence-corrected chi connectivity index (χ2v) is 8.61. The third-order valence-corrected chi connectivity index (χ3v) is 6.35. The summed E-state index contributed by atoms with van der Waals surface area (Å²) in [5.41, 5.74) is 2.55. The minimum absolute atomic E-state index is 0.0278. The van der Waals surface area contributed by atoms with Gasteiger partial charge in [-0.1, -0.05) is 0 Å². The van der Waals surface area contributed by atoms with Crippen LogP contribution in [0, 0.1) is 13.8 Å². The summed E-state index contributed by atoms with van der Waals surface area (Å²) >= 11 is 0. The zero-order valence-electron chi connectivity index (χ0n) is 15.6. The highest BCUT2D eigenvalue weighted by atomic mass is 32.2. The first-order valence-electron chi connectivity index (χ1n) is 8.49. The number of aromatic nitrogens is 2. The van der Waals surface area contributed by atoms with Gasteiger partial charge in [0, 0.05) is 37.0 Å². The van der Waals surface area contributed by atoms with E-state index < -0.39 is 22.4 Å². The molecule has 0 N–H and O–H groups in total. The summed E-state index contributed by atoms with van der Waals surface area (Å²) in [6, 6.07) is -0.340. The van der Waals surface area contributed by atoms with Crippen LogP contribution in [0.3, 0.4) is 0 Å². The lowest BCUT2D eigenvalue weighted by molar-refractivity contribution is -0.149. The lowest BCUT2D eigenvalue weighted by Gasteiger charge is -2.26. The molecule has 9 heteroatoms. The van der Waals surface area contributed by atoms with Crippen LogP contribution in [0.2, 0.25) is 0 Å². The summed E-state index contributed by atoms with van der Waals surface area (Å²) in [5, 5.41) is 4.26. The molecule has 26 heavy (non-hydrogen) atoms. The predicted octanol–water partition coefficient (Wildman–Crippen LogP) is 0.629. The van der Waals surface area contributed by atoms with Crippen LogP contribution in [-0.2, 0) is 31.2 Å². The number of likely N-dealkylation sites (N-methyl/N-ethyl adjacent to an activating group) is 1. The number of aryl methyl sites for hydroxylation is 2. The van der Waals surface area contributed by atoms with Gasteiger partial charge in [-0.2, -0.15) is 5.10 Å². The zero-order chi connectivity index (χ0) is 19.5. The second-order valence-electron chi connectivity index (χ2n) is 6.39. The van der Waals surface area contributed by atoms with Crippen LogP contribution in [-0.4, -0.2) is 65.7 Å². The van der Waals surface area contributed by atoms with Crippen LogP contribution in [0.1, 0.15) is 30.3 Å². The molecule has 0 aliphatic carbocycles. The largest absolute Gasteiger partial charge is 0.452 e.